The van der Waals surface area contributed by atoms with Crippen LogP contribution in [0.4, 0.5) is 0 Å². The number of aromatic amines is 1. The summed E-state index contributed by atoms with van der Waals surface area (Å²) in [6, 6.07) is 10.4. The average Bonchev–Trinajstić information content (AvgIpc) is 2.74. The highest BCUT2D eigenvalue weighted by Crippen LogP contribution is 2.14. The molecule has 0 aliphatic rings. The topological polar surface area (TPSA) is 88.0 Å². The second-order valence-corrected chi connectivity index (χ2v) is 4.38. The predicted molar refractivity (Wildman–Crippen MR) is 73.0 cm³/mol. The van der Waals surface area contributed by atoms with Crippen LogP contribution < -0.4 is 5.69 Å². The Bertz CT molecular complexity index is 848. The van der Waals surface area contributed by atoms with Crippen LogP contribution in [0.1, 0.15) is 5.56 Å². The lowest BCUT2D eigenvalue weighted by Crippen LogP contribution is -2.15. The van der Waals surface area contributed by atoms with Gasteiger partial charge in [-0.3, -0.25) is 4.79 Å². The number of carboxylic acids is 1. The zero-order valence-corrected chi connectivity index (χ0v) is 10.4. The lowest BCUT2D eigenvalue weighted by molar-refractivity contribution is -0.136. The Morgan fingerprint density at radius 2 is 2.15 bits per heavy atom. The van der Waals surface area contributed by atoms with Crippen LogP contribution in [0.5, 0.6) is 0 Å². The van der Waals surface area contributed by atoms with E-state index in [2.05, 4.69) is 9.97 Å². The number of imidazole rings is 1. The molecule has 0 unspecified atom stereocenters. The van der Waals surface area contributed by atoms with E-state index in [0.29, 0.717) is 22.4 Å². The minimum Gasteiger partial charge on any atom is -0.481 e. The summed E-state index contributed by atoms with van der Waals surface area (Å²) in [5.41, 5.74) is 2.09. The van der Waals surface area contributed by atoms with Crippen LogP contribution in [0.25, 0.3) is 16.9 Å². The van der Waals surface area contributed by atoms with Crippen LogP contribution in [0.3, 0.4) is 0 Å². The van der Waals surface area contributed by atoms with Gasteiger partial charge in [-0.05, 0) is 29.8 Å². The van der Waals surface area contributed by atoms with Gasteiger partial charge in [-0.1, -0.05) is 12.1 Å². The number of rotatable bonds is 3. The minimum absolute atomic E-state index is 0.0849. The molecular weight excluding hydrogens is 258 g/mol. The molecule has 6 nitrogen and oxygen atoms in total. The van der Waals surface area contributed by atoms with Gasteiger partial charge in [0.25, 0.3) is 0 Å². The molecule has 0 aliphatic heterocycles. The lowest BCUT2D eigenvalue weighted by Gasteiger charge is -2.04. The molecule has 0 amide bonds. The second-order valence-electron chi connectivity index (χ2n) is 4.38. The van der Waals surface area contributed by atoms with Crippen molar-refractivity contribution in [3.8, 4) is 5.69 Å². The molecular formula is C14H11N3O3. The molecule has 0 aliphatic carbocycles. The van der Waals surface area contributed by atoms with E-state index in [1.165, 1.54) is 4.57 Å². The Morgan fingerprint density at radius 3 is 2.95 bits per heavy atom. The van der Waals surface area contributed by atoms with E-state index in [0.717, 1.165) is 0 Å². The number of nitrogens with one attached hydrogen (secondary N) is 1. The zero-order valence-electron chi connectivity index (χ0n) is 10.4. The lowest BCUT2D eigenvalue weighted by atomic mass is 10.1. The van der Waals surface area contributed by atoms with Crippen molar-refractivity contribution >= 4 is 17.1 Å². The monoisotopic (exact) mass is 269 g/mol. The summed E-state index contributed by atoms with van der Waals surface area (Å²) in [7, 11) is 0. The largest absolute Gasteiger partial charge is 0.481 e. The van der Waals surface area contributed by atoms with Crippen LogP contribution in [-0.2, 0) is 11.2 Å². The number of aliphatic carboxylic acids is 1. The van der Waals surface area contributed by atoms with Gasteiger partial charge in [0.05, 0.1) is 17.6 Å². The SMILES string of the molecule is O=C(O)Cc1cccc(-n2c(=O)[nH]c3cccnc32)c1. The molecule has 2 aromatic heterocycles. The van der Waals surface area contributed by atoms with Gasteiger partial charge in [-0.15, -0.1) is 0 Å². The maximum Gasteiger partial charge on any atom is 0.332 e. The summed E-state index contributed by atoms with van der Waals surface area (Å²) in [5, 5.41) is 8.83. The molecule has 0 fully saturated rings. The minimum atomic E-state index is -0.911. The zero-order chi connectivity index (χ0) is 14.1. The number of hydrogen-bond donors (Lipinski definition) is 2. The van der Waals surface area contributed by atoms with Crippen molar-refractivity contribution in [3.05, 3.63) is 58.6 Å². The molecule has 6 heteroatoms. The fraction of sp³-hybridized carbons (Fsp3) is 0.0714. The number of benzene rings is 1. The molecule has 100 valence electrons. The number of hydrogen-bond acceptors (Lipinski definition) is 3. The summed E-state index contributed by atoms with van der Waals surface area (Å²) >= 11 is 0. The van der Waals surface area contributed by atoms with Crippen LogP contribution in [0, 0.1) is 0 Å². The van der Waals surface area contributed by atoms with Gasteiger partial charge in [-0.2, -0.15) is 0 Å². The summed E-state index contributed by atoms with van der Waals surface area (Å²) in [5.74, 6) is -0.911. The predicted octanol–water partition coefficient (Wildman–Crippen LogP) is 1.34. The van der Waals surface area contributed by atoms with Crippen LogP contribution in [0.15, 0.2) is 47.4 Å². The maximum absolute atomic E-state index is 12.0. The third kappa shape index (κ3) is 2.07. The van der Waals surface area contributed by atoms with Crippen LogP contribution in [0.2, 0.25) is 0 Å². The van der Waals surface area contributed by atoms with Gasteiger partial charge in [0, 0.05) is 6.20 Å². The van der Waals surface area contributed by atoms with Gasteiger partial charge in [-0.25, -0.2) is 14.3 Å². The smallest absolute Gasteiger partial charge is 0.332 e. The Morgan fingerprint density at radius 1 is 1.30 bits per heavy atom. The van der Waals surface area contributed by atoms with Crippen LogP contribution >= 0.6 is 0 Å². The van der Waals surface area contributed by atoms with E-state index in [4.69, 9.17) is 5.11 Å². The van der Waals surface area contributed by atoms with E-state index in [9.17, 15) is 9.59 Å². The van der Waals surface area contributed by atoms with Crippen molar-refractivity contribution in [1.82, 2.24) is 14.5 Å². The van der Waals surface area contributed by atoms with Crippen LogP contribution in [-0.4, -0.2) is 25.6 Å². The number of fused-ring (bicyclic) bond motifs is 1. The molecule has 0 saturated heterocycles. The van der Waals surface area contributed by atoms with Crippen molar-refractivity contribution in [2.45, 2.75) is 6.42 Å². The molecule has 0 saturated carbocycles. The van der Waals surface area contributed by atoms with Crippen molar-refractivity contribution in [2.75, 3.05) is 0 Å². The molecule has 0 atom stereocenters. The highest BCUT2D eigenvalue weighted by Gasteiger charge is 2.10. The summed E-state index contributed by atoms with van der Waals surface area (Å²) in [6.07, 6.45) is 1.52. The Kier molecular flexibility index (Phi) is 2.83. The maximum atomic E-state index is 12.0. The van der Waals surface area contributed by atoms with E-state index in [1.54, 1.807) is 42.6 Å². The van der Waals surface area contributed by atoms with Gasteiger partial charge >= 0.3 is 11.7 Å². The van der Waals surface area contributed by atoms with E-state index in [1.807, 2.05) is 0 Å². The van der Waals surface area contributed by atoms with E-state index in [-0.39, 0.29) is 12.1 Å². The Balaban J connectivity index is 2.18. The van der Waals surface area contributed by atoms with E-state index < -0.39 is 5.97 Å². The summed E-state index contributed by atoms with van der Waals surface area (Å²) < 4.78 is 1.43. The fourth-order valence-electron chi connectivity index (χ4n) is 2.16. The molecule has 3 aromatic rings. The first-order valence-corrected chi connectivity index (χ1v) is 6.02. The van der Waals surface area contributed by atoms with Crippen molar-refractivity contribution in [3.63, 3.8) is 0 Å². The van der Waals surface area contributed by atoms with Crippen molar-refractivity contribution in [2.24, 2.45) is 0 Å². The van der Waals surface area contributed by atoms with Crippen molar-refractivity contribution < 1.29 is 9.90 Å². The first kappa shape index (κ1) is 12.2. The van der Waals surface area contributed by atoms with Gasteiger partial charge in [0.15, 0.2) is 5.65 Å². The second kappa shape index (κ2) is 4.65. The molecule has 20 heavy (non-hydrogen) atoms. The standard InChI is InChI=1S/C14H11N3O3/c18-12(19)8-9-3-1-4-10(7-9)17-13-11(16-14(17)20)5-2-6-15-13/h1-7H,8H2,(H,16,20)(H,18,19). The number of nitrogens with zero attached hydrogens (tertiary/aromatic N) is 2. The van der Waals surface area contributed by atoms with Gasteiger partial charge in [0.2, 0.25) is 0 Å². The first-order valence-electron chi connectivity index (χ1n) is 6.02. The average molecular weight is 269 g/mol. The molecule has 2 heterocycles. The highest BCUT2D eigenvalue weighted by atomic mass is 16.4. The summed E-state index contributed by atoms with van der Waals surface area (Å²) in [6.45, 7) is 0. The first-order chi connectivity index (χ1) is 9.65. The molecule has 0 bridgehead atoms. The number of carbonyl (C=O) groups is 1. The Hall–Kier alpha value is -2.89. The molecule has 1 aromatic carbocycles. The fourth-order valence-corrected chi connectivity index (χ4v) is 2.16. The van der Waals surface area contributed by atoms with E-state index >= 15 is 0 Å². The number of carboxylic acid groups (broad SMARTS) is 1. The van der Waals surface area contributed by atoms with Gasteiger partial charge < -0.3 is 10.1 Å². The van der Waals surface area contributed by atoms with Crippen molar-refractivity contribution in [1.29, 1.82) is 0 Å². The number of pyridine rings is 1. The third-order valence-corrected chi connectivity index (χ3v) is 2.97. The third-order valence-electron chi connectivity index (χ3n) is 2.97. The highest BCUT2D eigenvalue weighted by molar-refractivity contribution is 5.73. The van der Waals surface area contributed by atoms with Gasteiger partial charge in [0.1, 0.15) is 0 Å². The molecule has 0 radical (unpaired) electrons. The number of H-pyrrole nitrogens is 1. The molecule has 2 N–H and O–H groups in total. The molecule has 3 rings (SSSR count). The number of aromatic nitrogens is 3. The normalized spacial score (nSPS) is 10.8. The Labute approximate surface area is 113 Å². The molecule has 0 spiro atoms. The quantitative estimate of drug-likeness (QED) is 0.751. The summed E-state index contributed by atoms with van der Waals surface area (Å²) in [4.78, 5) is 29.7.